The highest BCUT2D eigenvalue weighted by Gasteiger charge is 2.12. The lowest BCUT2D eigenvalue weighted by molar-refractivity contribution is -0.136. The summed E-state index contributed by atoms with van der Waals surface area (Å²) in [6.45, 7) is 6.70. The van der Waals surface area contributed by atoms with Crippen molar-refractivity contribution in [3.63, 3.8) is 0 Å². The molecule has 0 aliphatic rings. The number of hydrogen-bond acceptors (Lipinski definition) is 5. The smallest absolute Gasteiger partial charge is 0.303 e. The number of aryl methyl sites for hydroxylation is 4. The van der Waals surface area contributed by atoms with Gasteiger partial charge in [0, 0.05) is 35.0 Å². The van der Waals surface area contributed by atoms with Gasteiger partial charge in [0.2, 0.25) is 0 Å². The summed E-state index contributed by atoms with van der Waals surface area (Å²) in [7, 11) is 0. The van der Waals surface area contributed by atoms with Gasteiger partial charge in [-0.1, -0.05) is 30.3 Å². The first kappa shape index (κ1) is 23.6. The van der Waals surface area contributed by atoms with Crippen LogP contribution >= 0.6 is 11.3 Å². The van der Waals surface area contributed by atoms with Crippen molar-refractivity contribution in [2.75, 3.05) is 6.61 Å². The van der Waals surface area contributed by atoms with Crippen LogP contribution in [0, 0.1) is 20.8 Å². The van der Waals surface area contributed by atoms with Crippen molar-refractivity contribution >= 4 is 17.3 Å². The van der Waals surface area contributed by atoms with Gasteiger partial charge in [-0.2, -0.15) is 0 Å². The molecule has 34 heavy (non-hydrogen) atoms. The van der Waals surface area contributed by atoms with Gasteiger partial charge in [0.1, 0.15) is 10.8 Å². The second kappa shape index (κ2) is 10.6. The van der Waals surface area contributed by atoms with Gasteiger partial charge < -0.3 is 9.84 Å². The lowest BCUT2D eigenvalue weighted by Gasteiger charge is -2.09. The van der Waals surface area contributed by atoms with Gasteiger partial charge in [-0.15, -0.1) is 11.3 Å². The van der Waals surface area contributed by atoms with Gasteiger partial charge >= 0.3 is 5.97 Å². The number of pyridine rings is 1. The predicted molar refractivity (Wildman–Crippen MR) is 137 cm³/mol. The number of hydrogen-bond donors (Lipinski definition) is 1. The fourth-order valence-electron chi connectivity index (χ4n) is 3.87. The average molecular weight is 473 g/mol. The summed E-state index contributed by atoms with van der Waals surface area (Å²) in [5.74, 6) is 0.0106. The van der Waals surface area contributed by atoms with E-state index in [1.54, 1.807) is 11.3 Å². The van der Waals surface area contributed by atoms with Gasteiger partial charge in [-0.25, -0.2) is 4.98 Å². The molecule has 2 aromatic heterocycles. The van der Waals surface area contributed by atoms with Crippen molar-refractivity contribution in [1.82, 2.24) is 9.97 Å². The zero-order chi connectivity index (χ0) is 24.1. The molecule has 174 valence electrons. The van der Waals surface area contributed by atoms with Crippen molar-refractivity contribution in [3.8, 4) is 27.6 Å². The molecule has 0 fully saturated rings. The highest BCUT2D eigenvalue weighted by molar-refractivity contribution is 7.15. The average Bonchev–Trinajstić information content (AvgIpc) is 3.19. The van der Waals surface area contributed by atoms with Crippen molar-refractivity contribution in [2.45, 2.75) is 40.0 Å². The molecule has 0 amide bonds. The molecule has 4 aromatic rings. The van der Waals surface area contributed by atoms with Crippen LogP contribution in [0.5, 0.6) is 5.75 Å². The first-order valence-electron chi connectivity index (χ1n) is 11.3. The first-order valence-corrected chi connectivity index (χ1v) is 12.1. The van der Waals surface area contributed by atoms with Crippen LogP contribution in [0.25, 0.3) is 21.8 Å². The standard InChI is InChI=1S/C28H28N2O3S/c1-18-6-4-5-7-24(18)26-12-9-22(17-29-26)28-30-25(20(3)34-28)14-15-33-23-11-8-21(19(2)16-23)10-13-27(31)32/h4-9,11-12,16-17H,10,13-15H2,1-3H3,(H,31,32). The Morgan fingerprint density at radius 2 is 1.82 bits per heavy atom. The summed E-state index contributed by atoms with van der Waals surface area (Å²) < 4.78 is 5.95. The maximum Gasteiger partial charge on any atom is 0.303 e. The minimum absolute atomic E-state index is 0.136. The van der Waals surface area contributed by atoms with Crippen LogP contribution in [0.2, 0.25) is 0 Å². The summed E-state index contributed by atoms with van der Waals surface area (Å²) >= 11 is 1.68. The zero-order valence-corrected chi connectivity index (χ0v) is 20.5. The molecule has 0 radical (unpaired) electrons. The summed E-state index contributed by atoms with van der Waals surface area (Å²) in [4.78, 5) is 21.5. The molecule has 0 atom stereocenters. The van der Waals surface area contributed by atoms with Crippen molar-refractivity contribution in [2.24, 2.45) is 0 Å². The van der Waals surface area contributed by atoms with Crippen LogP contribution in [0.3, 0.4) is 0 Å². The number of carboxylic acid groups (broad SMARTS) is 1. The molecule has 6 heteroatoms. The first-order chi connectivity index (χ1) is 16.4. The Morgan fingerprint density at radius 1 is 1.00 bits per heavy atom. The molecule has 4 rings (SSSR count). The summed E-state index contributed by atoms with van der Waals surface area (Å²) in [5.41, 5.74) is 7.47. The van der Waals surface area contributed by atoms with E-state index >= 15 is 0 Å². The number of ether oxygens (including phenoxy) is 1. The molecule has 0 aliphatic carbocycles. The van der Waals surface area contributed by atoms with Gasteiger partial charge in [0.05, 0.1) is 18.0 Å². The van der Waals surface area contributed by atoms with Gasteiger partial charge in [0.25, 0.3) is 0 Å². The zero-order valence-electron chi connectivity index (χ0n) is 19.7. The number of thiazole rings is 1. The number of nitrogens with zero attached hydrogens (tertiary/aromatic N) is 2. The van der Waals surface area contributed by atoms with Crippen LogP contribution in [0.1, 0.15) is 33.7 Å². The fourth-order valence-corrected chi connectivity index (χ4v) is 4.82. The Hall–Kier alpha value is -3.51. The third-order valence-electron chi connectivity index (χ3n) is 5.85. The Kier molecular flexibility index (Phi) is 7.38. The Labute approximate surface area is 204 Å². The van der Waals surface area contributed by atoms with E-state index < -0.39 is 5.97 Å². The number of carboxylic acids is 1. The van der Waals surface area contributed by atoms with Gasteiger partial charge in [-0.3, -0.25) is 9.78 Å². The van der Waals surface area contributed by atoms with E-state index in [-0.39, 0.29) is 6.42 Å². The maximum atomic E-state index is 10.8. The summed E-state index contributed by atoms with van der Waals surface area (Å²) in [5, 5.41) is 9.85. The van der Waals surface area contributed by atoms with Crippen LogP contribution in [-0.4, -0.2) is 27.7 Å². The summed E-state index contributed by atoms with van der Waals surface area (Å²) in [6.07, 6.45) is 3.28. The number of rotatable bonds is 9. The van der Waals surface area contributed by atoms with E-state index in [2.05, 4.69) is 43.1 Å². The molecular formula is C28H28N2O3S. The van der Waals surface area contributed by atoms with Crippen molar-refractivity contribution in [3.05, 3.63) is 88.1 Å². The third-order valence-corrected chi connectivity index (χ3v) is 6.92. The number of aliphatic carboxylic acids is 1. The molecular weight excluding hydrogens is 444 g/mol. The predicted octanol–water partition coefficient (Wildman–Crippen LogP) is 6.44. The minimum Gasteiger partial charge on any atom is -0.493 e. The molecule has 0 saturated heterocycles. The quantitative estimate of drug-likeness (QED) is 0.304. The molecule has 5 nitrogen and oxygen atoms in total. The highest BCUT2D eigenvalue weighted by Crippen LogP contribution is 2.29. The second-order valence-electron chi connectivity index (χ2n) is 8.35. The van der Waals surface area contributed by atoms with Crippen molar-refractivity contribution in [1.29, 1.82) is 0 Å². The Morgan fingerprint density at radius 3 is 2.53 bits per heavy atom. The van der Waals surface area contributed by atoms with E-state index in [1.807, 2.05) is 43.5 Å². The van der Waals surface area contributed by atoms with Crippen LogP contribution in [0.4, 0.5) is 0 Å². The van der Waals surface area contributed by atoms with Crippen LogP contribution in [-0.2, 0) is 17.6 Å². The van der Waals surface area contributed by atoms with Gasteiger partial charge in [-0.05, 0) is 68.1 Å². The van der Waals surface area contributed by atoms with Crippen LogP contribution in [0.15, 0.2) is 60.8 Å². The summed E-state index contributed by atoms with van der Waals surface area (Å²) in [6, 6.07) is 18.2. The molecule has 0 aliphatic heterocycles. The normalized spacial score (nSPS) is 10.9. The Bertz CT molecular complexity index is 1300. The van der Waals surface area contributed by atoms with E-state index in [4.69, 9.17) is 14.8 Å². The molecule has 1 N–H and O–H groups in total. The van der Waals surface area contributed by atoms with E-state index in [0.717, 1.165) is 50.8 Å². The fraction of sp³-hybridized carbons (Fsp3) is 0.250. The van der Waals surface area contributed by atoms with E-state index in [9.17, 15) is 4.79 Å². The Balaban J connectivity index is 1.38. The topological polar surface area (TPSA) is 72.3 Å². The molecule has 0 unspecified atom stereocenters. The van der Waals surface area contributed by atoms with Gasteiger partial charge in [0.15, 0.2) is 0 Å². The molecule has 0 spiro atoms. The number of benzene rings is 2. The number of aromatic nitrogens is 2. The highest BCUT2D eigenvalue weighted by atomic mass is 32.1. The monoisotopic (exact) mass is 472 g/mol. The maximum absolute atomic E-state index is 10.8. The van der Waals surface area contributed by atoms with Crippen LogP contribution < -0.4 is 4.74 Å². The second-order valence-corrected chi connectivity index (χ2v) is 9.55. The largest absolute Gasteiger partial charge is 0.493 e. The molecule has 0 saturated carbocycles. The molecule has 2 heterocycles. The minimum atomic E-state index is -0.782. The number of carbonyl (C=O) groups is 1. The molecule has 0 bridgehead atoms. The SMILES string of the molecule is Cc1cc(OCCc2nc(-c3ccc(-c4ccccc4C)nc3)sc2C)ccc1CCC(=O)O. The lowest BCUT2D eigenvalue weighted by Crippen LogP contribution is -2.04. The van der Waals surface area contributed by atoms with E-state index in [0.29, 0.717) is 13.0 Å². The third kappa shape index (κ3) is 5.69. The lowest BCUT2D eigenvalue weighted by atomic mass is 10.0. The molecule has 2 aromatic carbocycles. The van der Waals surface area contributed by atoms with Crippen molar-refractivity contribution < 1.29 is 14.6 Å². The van der Waals surface area contributed by atoms with E-state index in [1.165, 1.54) is 10.4 Å².